The largest absolute Gasteiger partial charge is 0.481 e. The number of rotatable bonds is 10. The molecule has 4 heteroatoms. The van der Waals surface area contributed by atoms with Gasteiger partial charge in [-0.25, -0.2) is 0 Å². The van der Waals surface area contributed by atoms with Crippen molar-refractivity contribution in [3.8, 4) is 0 Å². The van der Waals surface area contributed by atoms with E-state index in [0.29, 0.717) is 0 Å². The number of carboxylic acids is 1. The van der Waals surface area contributed by atoms with Gasteiger partial charge in [0.05, 0.1) is 0 Å². The number of carboxylic acid groups (broad SMARTS) is 1. The van der Waals surface area contributed by atoms with Crippen LogP contribution < -0.4 is 5.32 Å². The lowest BCUT2D eigenvalue weighted by Crippen LogP contribution is -2.26. The van der Waals surface area contributed by atoms with Gasteiger partial charge in [-0.2, -0.15) is 0 Å². The van der Waals surface area contributed by atoms with Gasteiger partial charge < -0.3 is 15.3 Å². The van der Waals surface area contributed by atoms with E-state index in [9.17, 15) is 4.79 Å². The van der Waals surface area contributed by atoms with Gasteiger partial charge >= 0.3 is 5.97 Å². The molecule has 0 heterocycles. The summed E-state index contributed by atoms with van der Waals surface area (Å²) >= 11 is 0. The molecule has 0 rings (SSSR count). The molecule has 0 saturated carbocycles. The Morgan fingerprint density at radius 2 is 1.88 bits per heavy atom. The highest BCUT2D eigenvalue weighted by atomic mass is 16.4. The molecule has 0 aromatic rings. The molecular formula is C13H28N2O2. The van der Waals surface area contributed by atoms with E-state index >= 15 is 0 Å². The summed E-state index contributed by atoms with van der Waals surface area (Å²) < 4.78 is 0. The van der Waals surface area contributed by atoms with Crippen LogP contribution in [0.3, 0.4) is 0 Å². The number of hydrogen-bond donors (Lipinski definition) is 2. The van der Waals surface area contributed by atoms with Crippen LogP contribution in [0.5, 0.6) is 0 Å². The highest BCUT2D eigenvalue weighted by Crippen LogP contribution is 2.25. The van der Waals surface area contributed by atoms with Gasteiger partial charge in [0.15, 0.2) is 0 Å². The third-order valence-electron chi connectivity index (χ3n) is 2.95. The third-order valence-corrected chi connectivity index (χ3v) is 2.95. The van der Waals surface area contributed by atoms with Crippen LogP contribution in [0.2, 0.25) is 0 Å². The lowest BCUT2D eigenvalue weighted by molar-refractivity contribution is -0.137. The fraction of sp³-hybridized carbons (Fsp3) is 0.923. The van der Waals surface area contributed by atoms with E-state index in [1.54, 1.807) is 0 Å². The molecule has 0 bridgehead atoms. The summed E-state index contributed by atoms with van der Waals surface area (Å²) in [5, 5.41) is 12.1. The fourth-order valence-electron chi connectivity index (χ4n) is 1.64. The first-order valence-corrected chi connectivity index (χ1v) is 6.41. The van der Waals surface area contributed by atoms with Crippen molar-refractivity contribution in [3.63, 3.8) is 0 Å². The van der Waals surface area contributed by atoms with Gasteiger partial charge in [-0.3, -0.25) is 4.79 Å². The van der Waals surface area contributed by atoms with E-state index < -0.39 is 5.97 Å². The maximum Gasteiger partial charge on any atom is 0.303 e. The van der Waals surface area contributed by atoms with Crippen molar-refractivity contribution >= 4 is 5.97 Å². The van der Waals surface area contributed by atoms with Crippen LogP contribution in [0.4, 0.5) is 0 Å². The molecule has 0 aliphatic heterocycles. The van der Waals surface area contributed by atoms with Crippen LogP contribution in [0.1, 0.15) is 39.5 Å². The Kier molecular flexibility index (Phi) is 8.17. The van der Waals surface area contributed by atoms with Crippen molar-refractivity contribution in [3.05, 3.63) is 0 Å². The summed E-state index contributed by atoms with van der Waals surface area (Å²) in [5.41, 5.74) is 0.118. The number of hydrogen-bond acceptors (Lipinski definition) is 3. The van der Waals surface area contributed by atoms with Crippen molar-refractivity contribution in [2.75, 3.05) is 33.7 Å². The van der Waals surface area contributed by atoms with Gasteiger partial charge in [0.1, 0.15) is 0 Å². The zero-order valence-electron chi connectivity index (χ0n) is 11.8. The SMILES string of the molecule is CN(C)CCCNCCC(C)(C)CCC(=O)O. The van der Waals surface area contributed by atoms with Crippen molar-refractivity contribution in [1.82, 2.24) is 10.2 Å². The maximum atomic E-state index is 10.5. The van der Waals surface area contributed by atoms with Gasteiger partial charge in [-0.1, -0.05) is 13.8 Å². The zero-order chi connectivity index (χ0) is 13.3. The molecule has 17 heavy (non-hydrogen) atoms. The minimum absolute atomic E-state index is 0.118. The summed E-state index contributed by atoms with van der Waals surface area (Å²) in [6.45, 7) is 7.39. The Balaban J connectivity index is 3.48. The lowest BCUT2D eigenvalue weighted by Gasteiger charge is -2.24. The molecule has 0 aromatic carbocycles. The van der Waals surface area contributed by atoms with E-state index in [-0.39, 0.29) is 11.8 Å². The molecule has 0 aliphatic rings. The first kappa shape index (κ1) is 16.4. The van der Waals surface area contributed by atoms with Crippen LogP contribution >= 0.6 is 0 Å². The van der Waals surface area contributed by atoms with Crippen molar-refractivity contribution in [2.24, 2.45) is 5.41 Å². The van der Waals surface area contributed by atoms with E-state index in [4.69, 9.17) is 5.11 Å². The molecule has 4 nitrogen and oxygen atoms in total. The van der Waals surface area contributed by atoms with Crippen LogP contribution in [0.25, 0.3) is 0 Å². The standard InChI is InChI=1S/C13H28N2O2/c1-13(2,7-6-12(16)17)8-10-14-9-5-11-15(3)4/h14H,5-11H2,1-4H3,(H,16,17). The summed E-state index contributed by atoms with van der Waals surface area (Å²) in [6.07, 6.45) is 3.21. The molecule has 0 atom stereocenters. The van der Waals surface area contributed by atoms with Crippen LogP contribution in [0, 0.1) is 5.41 Å². The highest BCUT2D eigenvalue weighted by molar-refractivity contribution is 5.66. The van der Waals surface area contributed by atoms with Crippen molar-refractivity contribution in [2.45, 2.75) is 39.5 Å². The van der Waals surface area contributed by atoms with Crippen LogP contribution in [-0.4, -0.2) is 49.7 Å². The Hall–Kier alpha value is -0.610. The second kappa shape index (κ2) is 8.48. The van der Waals surface area contributed by atoms with Gasteiger partial charge in [-0.05, 0) is 58.4 Å². The molecular weight excluding hydrogens is 216 g/mol. The normalized spacial score (nSPS) is 12.1. The Labute approximate surface area is 105 Å². The topological polar surface area (TPSA) is 52.6 Å². The average molecular weight is 244 g/mol. The van der Waals surface area contributed by atoms with E-state index in [0.717, 1.165) is 38.9 Å². The third kappa shape index (κ3) is 11.6. The first-order chi connectivity index (χ1) is 7.83. The summed E-state index contributed by atoms with van der Waals surface area (Å²) in [6, 6.07) is 0. The molecule has 2 N–H and O–H groups in total. The predicted octanol–water partition coefficient (Wildman–Crippen LogP) is 1.81. The minimum Gasteiger partial charge on any atom is -0.481 e. The first-order valence-electron chi connectivity index (χ1n) is 6.41. The van der Waals surface area contributed by atoms with Gasteiger partial charge in [0.2, 0.25) is 0 Å². The zero-order valence-corrected chi connectivity index (χ0v) is 11.8. The number of aliphatic carboxylic acids is 1. The van der Waals surface area contributed by atoms with Crippen molar-refractivity contribution < 1.29 is 9.90 Å². The summed E-state index contributed by atoms with van der Waals surface area (Å²) in [4.78, 5) is 12.7. The average Bonchev–Trinajstić information content (AvgIpc) is 2.20. The van der Waals surface area contributed by atoms with E-state index in [2.05, 4.69) is 38.2 Å². The molecule has 0 spiro atoms. The second-order valence-corrected chi connectivity index (χ2v) is 5.71. The molecule has 0 amide bonds. The molecule has 0 aromatic heterocycles. The molecule has 0 radical (unpaired) electrons. The molecule has 0 aliphatic carbocycles. The fourth-order valence-corrected chi connectivity index (χ4v) is 1.64. The van der Waals surface area contributed by atoms with Crippen LogP contribution in [0.15, 0.2) is 0 Å². The van der Waals surface area contributed by atoms with Gasteiger partial charge in [-0.15, -0.1) is 0 Å². The van der Waals surface area contributed by atoms with E-state index in [1.807, 2.05) is 0 Å². The summed E-state index contributed by atoms with van der Waals surface area (Å²) in [7, 11) is 4.16. The second-order valence-electron chi connectivity index (χ2n) is 5.71. The highest BCUT2D eigenvalue weighted by Gasteiger charge is 2.18. The Bertz CT molecular complexity index is 215. The Morgan fingerprint density at radius 3 is 2.41 bits per heavy atom. The number of nitrogens with zero attached hydrogens (tertiary/aromatic N) is 1. The quantitative estimate of drug-likeness (QED) is 0.575. The van der Waals surface area contributed by atoms with Gasteiger partial charge in [0.25, 0.3) is 0 Å². The minimum atomic E-state index is -0.697. The van der Waals surface area contributed by atoms with E-state index in [1.165, 1.54) is 0 Å². The van der Waals surface area contributed by atoms with Gasteiger partial charge in [0, 0.05) is 6.42 Å². The molecule has 0 unspecified atom stereocenters. The monoisotopic (exact) mass is 244 g/mol. The van der Waals surface area contributed by atoms with Crippen molar-refractivity contribution in [1.29, 1.82) is 0 Å². The smallest absolute Gasteiger partial charge is 0.303 e. The van der Waals surface area contributed by atoms with Crippen LogP contribution in [-0.2, 0) is 4.79 Å². The predicted molar refractivity (Wildman–Crippen MR) is 71.3 cm³/mol. The molecule has 0 fully saturated rings. The molecule has 102 valence electrons. The number of carbonyl (C=O) groups is 1. The maximum absolute atomic E-state index is 10.5. The summed E-state index contributed by atoms with van der Waals surface area (Å²) in [5.74, 6) is -0.697. The number of nitrogens with one attached hydrogen (secondary N) is 1. The Morgan fingerprint density at radius 1 is 1.24 bits per heavy atom. The molecule has 0 saturated heterocycles. The lowest BCUT2D eigenvalue weighted by atomic mass is 9.84.